The van der Waals surface area contributed by atoms with E-state index in [1.54, 1.807) is 12.1 Å². The molecule has 21 heavy (non-hydrogen) atoms. The van der Waals surface area contributed by atoms with Crippen LogP contribution in [-0.2, 0) is 14.6 Å². The SMILES string of the molecule is Cc1ccc(N(C(=O)C(Cl)(Cl)Cl)[C@@H]2CCS(=O)(=O)C2)cc1. The predicted molar refractivity (Wildman–Crippen MR) is 86.0 cm³/mol. The summed E-state index contributed by atoms with van der Waals surface area (Å²) in [7, 11) is -3.16. The van der Waals surface area contributed by atoms with Crippen molar-refractivity contribution in [2.24, 2.45) is 0 Å². The Labute approximate surface area is 138 Å². The van der Waals surface area contributed by atoms with Crippen molar-refractivity contribution >= 4 is 56.2 Å². The molecule has 0 aliphatic carbocycles. The van der Waals surface area contributed by atoms with E-state index in [1.165, 1.54) is 4.90 Å². The molecule has 1 aromatic rings. The molecule has 116 valence electrons. The molecule has 2 rings (SSSR count). The Bertz CT molecular complexity index is 638. The molecule has 0 saturated carbocycles. The average Bonchev–Trinajstić information content (AvgIpc) is 2.71. The van der Waals surface area contributed by atoms with Crippen molar-refractivity contribution in [3.05, 3.63) is 29.8 Å². The number of carbonyl (C=O) groups excluding carboxylic acids is 1. The van der Waals surface area contributed by atoms with Gasteiger partial charge in [-0.25, -0.2) is 8.42 Å². The van der Waals surface area contributed by atoms with E-state index < -0.39 is 25.6 Å². The maximum Gasteiger partial charge on any atom is 0.279 e. The number of hydrogen-bond acceptors (Lipinski definition) is 3. The van der Waals surface area contributed by atoms with Crippen LogP contribution in [-0.4, -0.2) is 35.7 Å². The summed E-state index contributed by atoms with van der Waals surface area (Å²) in [6.45, 7) is 1.91. The van der Waals surface area contributed by atoms with Gasteiger partial charge in [0, 0.05) is 5.69 Å². The van der Waals surface area contributed by atoms with Crippen LogP contribution in [0.25, 0.3) is 0 Å². The molecular formula is C13H14Cl3NO3S. The molecule has 1 saturated heterocycles. The van der Waals surface area contributed by atoms with E-state index in [1.807, 2.05) is 19.1 Å². The second kappa shape index (κ2) is 5.95. The zero-order chi connectivity index (χ0) is 15.8. The van der Waals surface area contributed by atoms with Gasteiger partial charge in [0.25, 0.3) is 9.70 Å². The second-order valence-electron chi connectivity index (χ2n) is 5.07. The van der Waals surface area contributed by atoms with Crippen molar-refractivity contribution in [1.82, 2.24) is 0 Å². The molecule has 1 aliphatic rings. The molecule has 0 unspecified atom stereocenters. The van der Waals surface area contributed by atoms with Crippen molar-refractivity contribution in [2.75, 3.05) is 16.4 Å². The average molecular weight is 371 g/mol. The van der Waals surface area contributed by atoms with Gasteiger partial charge in [-0.3, -0.25) is 4.79 Å². The van der Waals surface area contributed by atoms with Gasteiger partial charge >= 0.3 is 0 Å². The van der Waals surface area contributed by atoms with Gasteiger partial charge in [-0.15, -0.1) is 0 Å². The Balaban J connectivity index is 2.40. The highest BCUT2D eigenvalue weighted by Crippen LogP contribution is 2.34. The van der Waals surface area contributed by atoms with Crippen LogP contribution in [0.3, 0.4) is 0 Å². The van der Waals surface area contributed by atoms with Gasteiger partial charge in [0.05, 0.1) is 17.5 Å². The summed E-state index contributed by atoms with van der Waals surface area (Å²) in [6.07, 6.45) is 0.336. The third-order valence-corrected chi connectivity index (χ3v) is 5.58. The lowest BCUT2D eigenvalue weighted by atomic mass is 10.1. The largest absolute Gasteiger partial charge is 0.305 e. The fraction of sp³-hybridized carbons (Fsp3) is 0.462. The van der Waals surface area contributed by atoms with Gasteiger partial charge in [-0.05, 0) is 25.5 Å². The molecule has 0 radical (unpaired) electrons. The minimum absolute atomic E-state index is 0.0349. The third kappa shape index (κ3) is 4.03. The van der Waals surface area contributed by atoms with Crippen molar-refractivity contribution in [3.8, 4) is 0 Å². The summed E-state index contributed by atoms with van der Waals surface area (Å²) in [6, 6.07) is 6.55. The van der Waals surface area contributed by atoms with Crippen molar-refractivity contribution in [1.29, 1.82) is 0 Å². The third-order valence-electron chi connectivity index (χ3n) is 3.35. The van der Waals surface area contributed by atoms with Crippen LogP contribution in [0.5, 0.6) is 0 Å². The maximum absolute atomic E-state index is 12.4. The molecule has 0 aromatic heterocycles. The van der Waals surface area contributed by atoms with E-state index in [-0.39, 0.29) is 11.5 Å². The minimum atomic E-state index is -3.16. The summed E-state index contributed by atoms with van der Waals surface area (Å²) >= 11 is 17.1. The molecule has 0 bridgehead atoms. The van der Waals surface area contributed by atoms with Gasteiger partial charge in [-0.2, -0.15) is 0 Å². The lowest BCUT2D eigenvalue weighted by Crippen LogP contribution is -2.47. The Kier molecular flexibility index (Phi) is 4.78. The number of rotatable bonds is 2. The van der Waals surface area contributed by atoms with Gasteiger partial charge in [0.1, 0.15) is 0 Å². The molecule has 0 N–H and O–H groups in total. The Morgan fingerprint density at radius 1 is 1.24 bits per heavy atom. The summed E-state index contributed by atoms with van der Waals surface area (Å²) in [5.74, 6) is -0.820. The van der Waals surface area contributed by atoms with Crippen molar-refractivity contribution in [3.63, 3.8) is 0 Å². The number of nitrogens with zero attached hydrogens (tertiary/aromatic N) is 1. The lowest BCUT2D eigenvalue weighted by molar-refractivity contribution is -0.118. The number of anilines is 1. The van der Waals surface area contributed by atoms with Crippen LogP contribution in [0.1, 0.15) is 12.0 Å². The first-order valence-corrected chi connectivity index (χ1v) is 9.23. The number of halogens is 3. The molecular weight excluding hydrogens is 357 g/mol. The monoisotopic (exact) mass is 369 g/mol. The highest BCUT2D eigenvalue weighted by Gasteiger charge is 2.42. The van der Waals surface area contributed by atoms with E-state index >= 15 is 0 Å². The van der Waals surface area contributed by atoms with Crippen molar-refractivity contribution in [2.45, 2.75) is 23.2 Å². The minimum Gasteiger partial charge on any atom is -0.305 e. The summed E-state index contributed by atoms with van der Waals surface area (Å²) < 4.78 is 21.2. The number of sulfone groups is 1. The number of aryl methyl sites for hydroxylation is 1. The van der Waals surface area contributed by atoms with Crippen LogP contribution in [0.15, 0.2) is 24.3 Å². The zero-order valence-corrected chi connectivity index (χ0v) is 14.3. The normalized spacial score (nSPS) is 21.2. The second-order valence-corrected chi connectivity index (χ2v) is 9.58. The van der Waals surface area contributed by atoms with E-state index in [0.717, 1.165) is 5.56 Å². The van der Waals surface area contributed by atoms with Gasteiger partial charge in [0.15, 0.2) is 9.84 Å². The first-order valence-electron chi connectivity index (χ1n) is 6.28. The van der Waals surface area contributed by atoms with Crippen LogP contribution in [0.2, 0.25) is 0 Å². The molecule has 1 aliphatic heterocycles. The number of alkyl halides is 3. The molecule has 1 amide bonds. The van der Waals surface area contributed by atoms with Crippen LogP contribution in [0, 0.1) is 6.92 Å². The van der Waals surface area contributed by atoms with Gasteiger partial charge < -0.3 is 4.90 Å². The van der Waals surface area contributed by atoms with Gasteiger partial charge in [0.2, 0.25) is 0 Å². The fourth-order valence-corrected chi connectivity index (χ4v) is 4.29. The highest BCUT2D eigenvalue weighted by molar-refractivity contribution is 7.91. The molecule has 1 heterocycles. The lowest BCUT2D eigenvalue weighted by Gasteiger charge is -2.31. The van der Waals surface area contributed by atoms with E-state index in [2.05, 4.69) is 0 Å². The predicted octanol–water partition coefficient (Wildman–Crippen LogP) is 2.89. The summed E-state index contributed by atoms with van der Waals surface area (Å²) in [5, 5.41) is 0. The molecule has 4 nitrogen and oxygen atoms in total. The Morgan fingerprint density at radius 3 is 2.24 bits per heavy atom. The Morgan fingerprint density at radius 2 is 1.81 bits per heavy atom. The molecule has 1 aromatic carbocycles. The molecule has 1 atom stereocenters. The number of benzene rings is 1. The number of hydrogen-bond donors (Lipinski definition) is 0. The van der Waals surface area contributed by atoms with E-state index in [4.69, 9.17) is 34.8 Å². The standard InChI is InChI=1S/C13H14Cl3NO3S/c1-9-2-4-10(5-3-9)17(12(18)13(14,15)16)11-6-7-21(19,20)8-11/h2-5,11H,6-8H2,1H3/t11-/m1/s1. The van der Waals surface area contributed by atoms with Crippen LogP contribution in [0.4, 0.5) is 5.69 Å². The van der Waals surface area contributed by atoms with Crippen LogP contribution < -0.4 is 4.90 Å². The van der Waals surface area contributed by atoms with Gasteiger partial charge in [-0.1, -0.05) is 52.5 Å². The number of carbonyl (C=O) groups is 1. The molecule has 1 fully saturated rings. The topological polar surface area (TPSA) is 54.5 Å². The summed E-state index contributed by atoms with van der Waals surface area (Å²) in [5.41, 5.74) is 1.54. The quantitative estimate of drug-likeness (QED) is 0.752. The van der Waals surface area contributed by atoms with Crippen LogP contribution >= 0.6 is 34.8 Å². The fourth-order valence-electron chi connectivity index (χ4n) is 2.31. The smallest absolute Gasteiger partial charge is 0.279 e. The van der Waals surface area contributed by atoms with Crippen molar-refractivity contribution < 1.29 is 13.2 Å². The first kappa shape index (κ1) is 16.9. The van der Waals surface area contributed by atoms with E-state index in [9.17, 15) is 13.2 Å². The highest BCUT2D eigenvalue weighted by atomic mass is 35.6. The van der Waals surface area contributed by atoms with E-state index in [0.29, 0.717) is 12.1 Å². The maximum atomic E-state index is 12.4. The molecule has 0 spiro atoms. The molecule has 8 heteroatoms. The zero-order valence-electron chi connectivity index (χ0n) is 11.2. The Hall–Kier alpha value is -0.490. The number of amides is 1. The first-order chi connectivity index (χ1) is 9.60. The summed E-state index contributed by atoms with van der Waals surface area (Å²) in [4.78, 5) is 13.7.